The Morgan fingerprint density at radius 3 is 2.35 bits per heavy atom. The molecule has 2 N–H and O–H groups in total. The largest absolute Gasteiger partial charge is 0.481 e. The van der Waals surface area contributed by atoms with Gasteiger partial charge in [0.05, 0.1) is 12.3 Å². The Labute approximate surface area is 117 Å². The molecule has 2 bridgehead atoms. The van der Waals surface area contributed by atoms with E-state index in [0.29, 0.717) is 5.57 Å². The highest BCUT2D eigenvalue weighted by Gasteiger charge is 2.63. The lowest BCUT2D eigenvalue weighted by molar-refractivity contribution is -0.146. The molecular weight excluding hydrogens is 260 g/mol. The minimum atomic E-state index is -1.20. The first-order valence-electron chi connectivity index (χ1n) is 6.82. The van der Waals surface area contributed by atoms with Crippen molar-refractivity contribution in [2.24, 2.45) is 22.7 Å². The zero-order valence-corrected chi connectivity index (χ0v) is 12.0. The molecule has 2 rings (SSSR count). The molecule has 0 aliphatic heterocycles. The molecule has 0 saturated heterocycles. The van der Waals surface area contributed by atoms with Gasteiger partial charge in [-0.3, -0.25) is 14.4 Å². The number of rotatable bonds is 4. The van der Waals surface area contributed by atoms with Crippen LogP contribution in [0, 0.1) is 22.7 Å². The van der Waals surface area contributed by atoms with Crippen molar-refractivity contribution in [3.63, 3.8) is 0 Å². The Morgan fingerprint density at radius 1 is 1.35 bits per heavy atom. The van der Waals surface area contributed by atoms with E-state index in [9.17, 15) is 14.4 Å². The molecule has 20 heavy (non-hydrogen) atoms. The molecule has 0 heterocycles. The van der Waals surface area contributed by atoms with Crippen LogP contribution >= 0.6 is 0 Å². The fraction of sp³-hybridized carbons (Fsp3) is 0.667. The van der Waals surface area contributed by atoms with E-state index in [2.05, 4.69) is 0 Å². The molecule has 2 aliphatic rings. The molecule has 110 valence electrons. The van der Waals surface area contributed by atoms with Gasteiger partial charge in [0.15, 0.2) is 5.78 Å². The van der Waals surface area contributed by atoms with Crippen LogP contribution in [0.15, 0.2) is 11.6 Å². The Hall–Kier alpha value is -1.65. The van der Waals surface area contributed by atoms with E-state index >= 15 is 0 Å². The number of carbonyl (C=O) groups is 3. The summed E-state index contributed by atoms with van der Waals surface area (Å²) in [5, 5.41) is 17.9. The van der Waals surface area contributed by atoms with Crippen LogP contribution in [0.2, 0.25) is 0 Å². The summed E-state index contributed by atoms with van der Waals surface area (Å²) in [6.45, 7) is 6.01. The first-order chi connectivity index (χ1) is 9.11. The number of carboxylic acids is 2. The average Bonchev–Trinajstić information content (AvgIpc) is 2.62. The van der Waals surface area contributed by atoms with Gasteiger partial charge < -0.3 is 10.2 Å². The van der Waals surface area contributed by atoms with E-state index in [4.69, 9.17) is 10.2 Å². The Bertz CT molecular complexity index is 516. The van der Waals surface area contributed by atoms with Crippen LogP contribution in [-0.2, 0) is 14.4 Å². The number of carboxylic acid groups (broad SMARTS) is 2. The summed E-state index contributed by atoms with van der Waals surface area (Å²) in [5.74, 6) is -3.47. The van der Waals surface area contributed by atoms with E-state index in [1.807, 2.05) is 20.8 Å². The van der Waals surface area contributed by atoms with Gasteiger partial charge in [0, 0.05) is 5.41 Å². The smallest absolute Gasteiger partial charge is 0.310 e. The van der Waals surface area contributed by atoms with Crippen LogP contribution in [0.3, 0.4) is 0 Å². The number of aliphatic carboxylic acids is 2. The fourth-order valence-electron chi connectivity index (χ4n) is 3.74. The van der Waals surface area contributed by atoms with Crippen molar-refractivity contribution in [1.29, 1.82) is 0 Å². The summed E-state index contributed by atoms with van der Waals surface area (Å²) in [6, 6.07) is 0. The number of Topliss-reactive ketones (excluding diaryl/α,β-unsaturated/α-hetero) is 1. The molecular formula is C15H20O5. The van der Waals surface area contributed by atoms with Crippen LogP contribution in [0.1, 0.15) is 40.0 Å². The third kappa shape index (κ3) is 1.87. The summed E-state index contributed by atoms with van der Waals surface area (Å²) in [6.07, 6.45) is 2.57. The molecule has 0 spiro atoms. The lowest BCUT2D eigenvalue weighted by Gasteiger charge is -2.31. The number of carbonyl (C=O) groups excluding carboxylic acids is 1. The third-order valence-corrected chi connectivity index (χ3v) is 5.46. The molecule has 0 radical (unpaired) electrons. The van der Waals surface area contributed by atoms with Crippen LogP contribution in [0.25, 0.3) is 0 Å². The lowest BCUT2D eigenvalue weighted by atomic mass is 9.70. The first kappa shape index (κ1) is 14.8. The van der Waals surface area contributed by atoms with Crippen LogP contribution < -0.4 is 0 Å². The zero-order chi connectivity index (χ0) is 15.3. The summed E-state index contributed by atoms with van der Waals surface area (Å²) >= 11 is 0. The lowest BCUT2D eigenvalue weighted by Crippen LogP contribution is -2.32. The standard InChI is InChI=1S/C15H20O5/c1-14(2)10-4-5-15(14,3)12(18)9(10)6-8(13(19)20)7-11(16)17/h6,8,10H,4-5,7H2,1-3H3,(H,16,17)(H,19,20)/b9-6-/t8-,10+,15+/m0/s1. The molecule has 5 nitrogen and oxygen atoms in total. The quantitative estimate of drug-likeness (QED) is 0.769. The van der Waals surface area contributed by atoms with E-state index in [0.717, 1.165) is 12.8 Å². The van der Waals surface area contributed by atoms with Gasteiger partial charge >= 0.3 is 11.9 Å². The van der Waals surface area contributed by atoms with Gasteiger partial charge in [0.25, 0.3) is 0 Å². The van der Waals surface area contributed by atoms with Gasteiger partial charge in [0.1, 0.15) is 0 Å². The molecule has 2 fully saturated rings. The number of hydrogen-bond donors (Lipinski definition) is 2. The minimum Gasteiger partial charge on any atom is -0.481 e. The maximum atomic E-state index is 12.5. The van der Waals surface area contributed by atoms with Gasteiger partial charge in [-0.05, 0) is 29.7 Å². The maximum Gasteiger partial charge on any atom is 0.310 e. The third-order valence-electron chi connectivity index (χ3n) is 5.46. The second-order valence-electron chi connectivity index (χ2n) is 6.64. The number of fused-ring (bicyclic) bond motifs is 2. The average molecular weight is 280 g/mol. The van der Waals surface area contributed by atoms with Gasteiger partial charge in [-0.25, -0.2) is 0 Å². The SMILES string of the molecule is CC1(C)[C@@H]2CC[C@]1(C)C(=O)/C2=C\[C@@H](CC(=O)O)C(=O)O. The van der Waals surface area contributed by atoms with Crippen molar-refractivity contribution >= 4 is 17.7 Å². The van der Waals surface area contributed by atoms with E-state index < -0.39 is 29.7 Å². The highest BCUT2D eigenvalue weighted by molar-refractivity contribution is 6.05. The van der Waals surface area contributed by atoms with E-state index in [1.165, 1.54) is 6.08 Å². The Balaban J connectivity index is 2.38. The van der Waals surface area contributed by atoms with Crippen molar-refractivity contribution in [1.82, 2.24) is 0 Å². The predicted molar refractivity (Wildman–Crippen MR) is 71.1 cm³/mol. The molecule has 5 heteroatoms. The van der Waals surface area contributed by atoms with Gasteiger partial charge in [-0.1, -0.05) is 26.8 Å². The van der Waals surface area contributed by atoms with Crippen LogP contribution in [0.5, 0.6) is 0 Å². The highest BCUT2D eigenvalue weighted by Crippen LogP contribution is 2.65. The molecule has 3 atom stereocenters. The molecule has 0 aromatic rings. The highest BCUT2D eigenvalue weighted by atomic mass is 16.4. The molecule has 2 saturated carbocycles. The van der Waals surface area contributed by atoms with E-state index in [-0.39, 0.29) is 17.1 Å². The van der Waals surface area contributed by atoms with Gasteiger partial charge in [-0.15, -0.1) is 0 Å². The van der Waals surface area contributed by atoms with E-state index in [1.54, 1.807) is 0 Å². The molecule has 2 aliphatic carbocycles. The molecule has 0 amide bonds. The molecule has 0 unspecified atom stereocenters. The summed E-state index contributed by atoms with van der Waals surface area (Å²) in [4.78, 5) is 34.4. The Kier molecular flexibility index (Phi) is 3.27. The monoisotopic (exact) mass is 280 g/mol. The van der Waals surface area contributed by atoms with Crippen LogP contribution in [0.4, 0.5) is 0 Å². The maximum absolute atomic E-state index is 12.5. The number of hydrogen-bond acceptors (Lipinski definition) is 3. The van der Waals surface area contributed by atoms with Crippen LogP contribution in [-0.4, -0.2) is 27.9 Å². The summed E-state index contributed by atoms with van der Waals surface area (Å²) in [5.41, 5.74) is -0.116. The van der Waals surface area contributed by atoms with Crippen molar-refractivity contribution in [3.05, 3.63) is 11.6 Å². The normalized spacial score (nSPS) is 34.5. The summed E-state index contributed by atoms with van der Waals surface area (Å²) < 4.78 is 0. The van der Waals surface area contributed by atoms with Crippen molar-refractivity contribution < 1.29 is 24.6 Å². The number of ketones is 1. The van der Waals surface area contributed by atoms with Gasteiger partial charge in [-0.2, -0.15) is 0 Å². The van der Waals surface area contributed by atoms with Crippen molar-refractivity contribution in [2.75, 3.05) is 0 Å². The zero-order valence-electron chi connectivity index (χ0n) is 12.0. The van der Waals surface area contributed by atoms with Crippen molar-refractivity contribution in [3.8, 4) is 0 Å². The topological polar surface area (TPSA) is 91.7 Å². The first-order valence-corrected chi connectivity index (χ1v) is 6.82. The fourth-order valence-corrected chi connectivity index (χ4v) is 3.74. The molecule has 0 aromatic heterocycles. The van der Waals surface area contributed by atoms with Gasteiger partial charge in [0.2, 0.25) is 0 Å². The minimum absolute atomic E-state index is 0.00427. The number of allylic oxidation sites excluding steroid dienone is 1. The summed E-state index contributed by atoms with van der Waals surface area (Å²) in [7, 11) is 0. The van der Waals surface area contributed by atoms with Crippen molar-refractivity contribution in [2.45, 2.75) is 40.0 Å². The second kappa shape index (κ2) is 4.43. The molecule has 0 aromatic carbocycles. The predicted octanol–water partition coefficient (Wildman–Crippen LogP) is 2.11. The second-order valence-corrected chi connectivity index (χ2v) is 6.64. The Morgan fingerprint density at radius 2 is 1.95 bits per heavy atom.